The summed E-state index contributed by atoms with van der Waals surface area (Å²) in [6, 6.07) is 16.4. The molecule has 1 aromatic heterocycles. The molecule has 25 heavy (non-hydrogen) atoms. The van der Waals surface area contributed by atoms with Crippen molar-refractivity contribution in [3.05, 3.63) is 66.1 Å². The number of carbonyl (C=O) groups excluding carboxylic acids is 2. The molecule has 6 nitrogen and oxygen atoms in total. The molecular weight excluding hydrogens is 324 g/mol. The number of methoxy groups -OCH3 is 1. The second-order valence-corrected chi connectivity index (χ2v) is 5.22. The molecule has 0 radical (unpaired) electrons. The number of hydrogen-bond acceptors (Lipinski definition) is 6. The molecule has 128 valence electrons. The molecular formula is C19H16O6. The van der Waals surface area contributed by atoms with Crippen LogP contribution in [0.5, 0.6) is 5.75 Å². The Morgan fingerprint density at radius 3 is 2.60 bits per heavy atom. The van der Waals surface area contributed by atoms with Gasteiger partial charge in [0.2, 0.25) is 5.76 Å². The molecule has 6 heteroatoms. The van der Waals surface area contributed by atoms with E-state index in [9.17, 15) is 9.59 Å². The number of rotatable bonds is 6. The van der Waals surface area contributed by atoms with Crippen LogP contribution in [0.3, 0.4) is 0 Å². The van der Waals surface area contributed by atoms with Crippen LogP contribution in [-0.4, -0.2) is 25.7 Å². The zero-order valence-corrected chi connectivity index (χ0v) is 13.6. The SMILES string of the molecule is COC(=O)c1ccc(COC(=O)COc2ccc3ccccc3c2)o1. The standard InChI is InChI=1S/C19H16O6/c1-22-19(21)17-9-8-16(25-17)11-24-18(20)12-23-15-7-6-13-4-2-3-5-14(13)10-15/h2-10H,11-12H2,1H3. The van der Waals surface area contributed by atoms with Crippen LogP contribution in [0.4, 0.5) is 0 Å². The summed E-state index contributed by atoms with van der Waals surface area (Å²) in [5, 5.41) is 2.12. The fraction of sp³-hybridized carbons (Fsp3) is 0.158. The van der Waals surface area contributed by atoms with Crippen LogP contribution in [0.25, 0.3) is 10.8 Å². The van der Waals surface area contributed by atoms with Crippen LogP contribution in [0.1, 0.15) is 16.3 Å². The van der Waals surface area contributed by atoms with Crippen molar-refractivity contribution in [1.82, 2.24) is 0 Å². The summed E-state index contributed by atoms with van der Waals surface area (Å²) in [6.07, 6.45) is 0. The number of benzene rings is 2. The lowest BCUT2D eigenvalue weighted by molar-refractivity contribution is -0.147. The minimum absolute atomic E-state index is 0.0564. The van der Waals surface area contributed by atoms with Gasteiger partial charge in [-0.15, -0.1) is 0 Å². The maximum absolute atomic E-state index is 11.8. The summed E-state index contributed by atoms with van der Waals surface area (Å²) in [6.45, 7) is -0.306. The molecule has 0 aliphatic carbocycles. The van der Waals surface area contributed by atoms with Gasteiger partial charge in [-0.1, -0.05) is 30.3 Å². The van der Waals surface area contributed by atoms with Crippen molar-refractivity contribution < 1.29 is 28.2 Å². The molecule has 0 aliphatic heterocycles. The lowest BCUT2D eigenvalue weighted by atomic mass is 10.1. The minimum Gasteiger partial charge on any atom is -0.482 e. The van der Waals surface area contributed by atoms with E-state index < -0.39 is 11.9 Å². The summed E-state index contributed by atoms with van der Waals surface area (Å²) in [5.74, 6) is -0.136. The van der Waals surface area contributed by atoms with Gasteiger partial charge in [0.05, 0.1) is 7.11 Å². The predicted octanol–water partition coefficient (Wildman–Crippen LogP) is 3.34. The van der Waals surface area contributed by atoms with Gasteiger partial charge in [0.15, 0.2) is 6.61 Å². The summed E-state index contributed by atoms with van der Waals surface area (Å²) in [5.41, 5.74) is 0. The average Bonchev–Trinajstić information content (AvgIpc) is 3.13. The fourth-order valence-corrected chi connectivity index (χ4v) is 2.26. The molecule has 3 aromatic rings. The van der Waals surface area contributed by atoms with Gasteiger partial charge in [-0.25, -0.2) is 9.59 Å². The number of esters is 2. The van der Waals surface area contributed by atoms with Gasteiger partial charge in [0.25, 0.3) is 0 Å². The molecule has 0 saturated heterocycles. The highest BCUT2D eigenvalue weighted by Crippen LogP contribution is 2.20. The molecule has 0 aliphatic rings. The molecule has 0 spiro atoms. The zero-order valence-electron chi connectivity index (χ0n) is 13.6. The summed E-state index contributed by atoms with van der Waals surface area (Å²) >= 11 is 0. The Kier molecular flexibility index (Phi) is 4.99. The van der Waals surface area contributed by atoms with E-state index in [1.165, 1.54) is 13.2 Å². The third-order valence-corrected chi connectivity index (χ3v) is 3.50. The highest BCUT2D eigenvalue weighted by atomic mass is 16.6. The predicted molar refractivity (Wildman–Crippen MR) is 89.3 cm³/mol. The first-order valence-electron chi connectivity index (χ1n) is 7.60. The Morgan fingerprint density at radius 2 is 1.80 bits per heavy atom. The number of fused-ring (bicyclic) bond motifs is 1. The van der Waals surface area contributed by atoms with Crippen molar-refractivity contribution in [3.8, 4) is 5.75 Å². The number of ether oxygens (including phenoxy) is 3. The third-order valence-electron chi connectivity index (χ3n) is 3.50. The van der Waals surface area contributed by atoms with Gasteiger partial charge in [-0.3, -0.25) is 0 Å². The van der Waals surface area contributed by atoms with Crippen molar-refractivity contribution >= 4 is 22.7 Å². The van der Waals surface area contributed by atoms with E-state index in [4.69, 9.17) is 13.9 Å². The lowest BCUT2D eigenvalue weighted by Crippen LogP contribution is -2.14. The Morgan fingerprint density at radius 1 is 1.00 bits per heavy atom. The van der Waals surface area contributed by atoms with Crippen LogP contribution in [0.2, 0.25) is 0 Å². The zero-order chi connectivity index (χ0) is 17.6. The van der Waals surface area contributed by atoms with Crippen molar-refractivity contribution in [2.24, 2.45) is 0 Å². The molecule has 0 atom stereocenters. The minimum atomic E-state index is -0.586. The summed E-state index contributed by atoms with van der Waals surface area (Å²) in [7, 11) is 1.26. The molecule has 0 unspecified atom stereocenters. The smallest absolute Gasteiger partial charge is 0.373 e. The van der Waals surface area contributed by atoms with Crippen molar-refractivity contribution in [2.45, 2.75) is 6.61 Å². The van der Waals surface area contributed by atoms with E-state index >= 15 is 0 Å². The number of furan rings is 1. The quantitative estimate of drug-likeness (QED) is 0.641. The Labute approximate surface area is 143 Å². The van der Waals surface area contributed by atoms with E-state index in [0.717, 1.165) is 10.8 Å². The van der Waals surface area contributed by atoms with Gasteiger partial charge >= 0.3 is 11.9 Å². The van der Waals surface area contributed by atoms with Crippen LogP contribution >= 0.6 is 0 Å². The van der Waals surface area contributed by atoms with E-state index in [2.05, 4.69) is 4.74 Å². The van der Waals surface area contributed by atoms with Crippen LogP contribution in [-0.2, 0) is 20.9 Å². The van der Waals surface area contributed by atoms with Gasteiger partial charge < -0.3 is 18.6 Å². The van der Waals surface area contributed by atoms with Crippen molar-refractivity contribution in [2.75, 3.05) is 13.7 Å². The summed E-state index contributed by atoms with van der Waals surface area (Å²) < 4.78 is 20.2. The van der Waals surface area contributed by atoms with Crippen LogP contribution in [0, 0.1) is 0 Å². The van der Waals surface area contributed by atoms with Gasteiger partial charge in [0.1, 0.15) is 18.1 Å². The van der Waals surface area contributed by atoms with Gasteiger partial charge in [0, 0.05) is 0 Å². The highest BCUT2D eigenvalue weighted by Gasteiger charge is 2.12. The van der Waals surface area contributed by atoms with E-state index in [-0.39, 0.29) is 19.0 Å². The Bertz CT molecular complexity index is 896. The van der Waals surface area contributed by atoms with Crippen LogP contribution in [0.15, 0.2) is 59.0 Å². The normalized spacial score (nSPS) is 10.4. The van der Waals surface area contributed by atoms with Gasteiger partial charge in [-0.05, 0) is 35.0 Å². The first-order chi connectivity index (χ1) is 12.2. The first-order valence-corrected chi connectivity index (χ1v) is 7.60. The topological polar surface area (TPSA) is 75.0 Å². The van der Waals surface area contributed by atoms with Crippen molar-refractivity contribution in [1.29, 1.82) is 0 Å². The molecule has 2 aromatic carbocycles. The van der Waals surface area contributed by atoms with E-state index in [0.29, 0.717) is 11.5 Å². The van der Waals surface area contributed by atoms with Crippen molar-refractivity contribution in [3.63, 3.8) is 0 Å². The second-order valence-electron chi connectivity index (χ2n) is 5.22. The Balaban J connectivity index is 1.50. The third kappa shape index (κ3) is 4.17. The maximum Gasteiger partial charge on any atom is 0.373 e. The number of hydrogen-bond donors (Lipinski definition) is 0. The van der Waals surface area contributed by atoms with E-state index in [1.807, 2.05) is 36.4 Å². The lowest BCUT2D eigenvalue weighted by Gasteiger charge is -2.07. The number of carbonyl (C=O) groups is 2. The monoisotopic (exact) mass is 340 g/mol. The molecule has 3 rings (SSSR count). The molecule has 0 bridgehead atoms. The fourth-order valence-electron chi connectivity index (χ4n) is 2.26. The second kappa shape index (κ2) is 7.53. The van der Waals surface area contributed by atoms with E-state index in [1.54, 1.807) is 12.1 Å². The largest absolute Gasteiger partial charge is 0.482 e. The van der Waals surface area contributed by atoms with Gasteiger partial charge in [-0.2, -0.15) is 0 Å². The Hall–Kier alpha value is -3.28. The molecule has 0 amide bonds. The maximum atomic E-state index is 11.8. The highest BCUT2D eigenvalue weighted by molar-refractivity contribution is 5.86. The van der Waals surface area contributed by atoms with Crippen LogP contribution < -0.4 is 4.74 Å². The molecule has 0 fully saturated rings. The first kappa shape index (κ1) is 16.6. The average molecular weight is 340 g/mol. The summed E-state index contributed by atoms with van der Waals surface area (Å²) in [4.78, 5) is 23.0. The molecule has 1 heterocycles. The molecule has 0 saturated carbocycles. The molecule has 0 N–H and O–H groups in total.